The van der Waals surface area contributed by atoms with Crippen molar-refractivity contribution < 1.29 is 31.1 Å². The molecule has 53 heavy (non-hydrogen) atoms. The number of aromatic hydroxyl groups is 1. The number of phenols is 1. The lowest BCUT2D eigenvalue weighted by atomic mass is 9.99. The monoisotopic (exact) mass is 753 g/mol. The van der Waals surface area contributed by atoms with Crippen LogP contribution in [-0.4, -0.2) is 80.8 Å². The Morgan fingerprint density at radius 1 is 0.736 bits per heavy atom. The normalized spacial score (nSPS) is 14.4. The second-order valence-electron chi connectivity index (χ2n) is 12.9. The summed E-state index contributed by atoms with van der Waals surface area (Å²) < 4.78 is 69.9. The van der Waals surface area contributed by atoms with E-state index < -0.39 is 43.3 Å². The van der Waals surface area contributed by atoms with E-state index in [1.807, 2.05) is 4.90 Å². The second kappa shape index (κ2) is 14.9. The van der Waals surface area contributed by atoms with Crippen LogP contribution in [0, 0.1) is 5.82 Å². The van der Waals surface area contributed by atoms with Crippen LogP contribution in [0.15, 0.2) is 126 Å². The maximum Gasteiger partial charge on any atom is 0.240 e. The molecule has 3 heterocycles. The first-order valence-corrected chi connectivity index (χ1v) is 20.3. The van der Waals surface area contributed by atoms with Gasteiger partial charge in [0, 0.05) is 49.3 Å². The van der Waals surface area contributed by atoms with Gasteiger partial charge in [0.25, 0.3) is 0 Å². The number of halogens is 1. The third-order valence-corrected chi connectivity index (χ3v) is 12.5. The molecule has 2 N–H and O–H groups in total. The molecular weight excluding hydrogens is 718 g/mol. The molecule has 7 rings (SSSR count). The molecule has 4 aromatic carbocycles. The third-order valence-electron chi connectivity index (χ3n) is 9.43. The van der Waals surface area contributed by atoms with Crippen molar-refractivity contribution in [1.82, 2.24) is 20.2 Å². The number of amides is 1. The minimum absolute atomic E-state index is 0.0983. The van der Waals surface area contributed by atoms with E-state index in [1.54, 1.807) is 83.8 Å². The van der Waals surface area contributed by atoms with E-state index >= 15 is 0 Å². The zero-order chi connectivity index (χ0) is 37.2. The topological polar surface area (TPSA) is 150 Å². The van der Waals surface area contributed by atoms with Crippen LogP contribution in [0.3, 0.4) is 0 Å². The molecule has 1 saturated heterocycles. The van der Waals surface area contributed by atoms with Crippen molar-refractivity contribution in [2.45, 2.75) is 28.3 Å². The quantitative estimate of drug-likeness (QED) is 0.188. The number of sulfone groups is 2. The van der Waals surface area contributed by atoms with Gasteiger partial charge in [0.15, 0.2) is 19.9 Å². The number of nitrogens with one attached hydrogen (secondary N) is 1. The van der Waals surface area contributed by atoms with Crippen LogP contribution >= 0.6 is 0 Å². The second-order valence-corrected chi connectivity index (χ2v) is 16.7. The molecule has 2 aromatic heterocycles. The van der Waals surface area contributed by atoms with Crippen LogP contribution in [0.2, 0.25) is 0 Å². The summed E-state index contributed by atoms with van der Waals surface area (Å²) in [5, 5.41) is 15.5. The summed E-state index contributed by atoms with van der Waals surface area (Å²) in [6.45, 7) is 1.18. The van der Waals surface area contributed by atoms with E-state index in [0.717, 1.165) is 0 Å². The van der Waals surface area contributed by atoms with Gasteiger partial charge < -0.3 is 14.9 Å². The van der Waals surface area contributed by atoms with Crippen molar-refractivity contribution in [2.75, 3.05) is 37.0 Å². The highest BCUT2D eigenvalue weighted by Gasteiger charge is 2.32. The number of anilines is 1. The first-order chi connectivity index (χ1) is 25.5. The number of carbonyl (C=O) groups is 1. The maximum atomic E-state index is 14.6. The standard InChI is InChI=1S/C39H36FN5O6S2/c40-34-11-5-6-12-36(34)44-19-21-45(22-20-44)39(47)35(43-26-53(50,51)38-33-10-4-2-8-28(33)16-18-42-38)24-29-13-14-31(46)23-30(29)25-52(48,49)37-32-9-3-1-7-27(32)15-17-41-37/h1-18,23,35,43,46H,19-22,24-26H2. The largest absolute Gasteiger partial charge is 0.508 e. The van der Waals surface area contributed by atoms with Crippen molar-refractivity contribution in [2.24, 2.45) is 0 Å². The molecule has 1 unspecified atom stereocenters. The number of phenolic OH excluding ortho intramolecular Hbond substituents is 1. The predicted molar refractivity (Wildman–Crippen MR) is 200 cm³/mol. The highest BCUT2D eigenvalue weighted by Crippen LogP contribution is 2.28. The number of hydrogen-bond donors (Lipinski definition) is 2. The van der Waals surface area contributed by atoms with Crippen molar-refractivity contribution in [1.29, 1.82) is 0 Å². The fraction of sp³-hybridized carbons (Fsp3) is 0.205. The summed E-state index contributed by atoms with van der Waals surface area (Å²) >= 11 is 0. The Morgan fingerprint density at radius 3 is 1.96 bits per heavy atom. The van der Waals surface area contributed by atoms with Gasteiger partial charge in [-0.05, 0) is 64.7 Å². The van der Waals surface area contributed by atoms with Crippen LogP contribution in [0.1, 0.15) is 11.1 Å². The molecule has 0 saturated carbocycles. The van der Waals surface area contributed by atoms with Gasteiger partial charge in [-0.1, -0.05) is 66.7 Å². The van der Waals surface area contributed by atoms with Gasteiger partial charge >= 0.3 is 0 Å². The van der Waals surface area contributed by atoms with E-state index in [2.05, 4.69) is 15.3 Å². The number of piperazine rings is 1. The number of rotatable bonds is 11. The number of benzene rings is 4. The fourth-order valence-electron chi connectivity index (χ4n) is 6.74. The summed E-state index contributed by atoms with van der Waals surface area (Å²) in [5.74, 6) is -2.11. The minimum Gasteiger partial charge on any atom is -0.508 e. The zero-order valence-corrected chi connectivity index (χ0v) is 30.1. The van der Waals surface area contributed by atoms with E-state index in [1.165, 1.54) is 36.7 Å². The van der Waals surface area contributed by atoms with E-state index in [-0.39, 0.29) is 46.7 Å². The molecule has 1 aliphatic heterocycles. The molecule has 0 spiro atoms. The summed E-state index contributed by atoms with van der Waals surface area (Å²) in [5.41, 5.74) is 1.09. The molecule has 1 amide bonds. The summed E-state index contributed by atoms with van der Waals surface area (Å²) in [4.78, 5) is 26.1. The highest BCUT2D eigenvalue weighted by atomic mass is 32.2. The summed E-state index contributed by atoms with van der Waals surface area (Å²) in [6.07, 6.45) is 2.74. The van der Waals surface area contributed by atoms with Gasteiger partial charge in [0.05, 0.1) is 17.5 Å². The maximum absolute atomic E-state index is 14.6. The number of nitrogens with zero attached hydrogens (tertiary/aromatic N) is 4. The van der Waals surface area contributed by atoms with Crippen LogP contribution in [-0.2, 0) is 36.6 Å². The Kier molecular flexibility index (Phi) is 10.1. The van der Waals surface area contributed by atoms with Crippen LogP contribution in [0.25, 0.3) is 21.5 Å². The molecule has 6 aromatic rings. The third kappa shape index (κ3) is 7.70. The molecule has 14 heteroatoms. The molecule has 1 fully saturated rings. The Bertz CT molecular complexity index is 2530. The summed E-state index contributed by atoms with van der Waals surface area (Å²) in [7, 11) is -8.14. The first-order valence-electron chi connectivity index (χ1n) is 17.0. The average molecular weight is 754 g/mol. The molecular formula is C39H36FN5O6S2. The lowest BCUT2D eigenvalue weighted by Gasteiger charge is -2.38. The lowest BCUT2D eigenvalue weighted by molar-refractivity contribution is -0.133. The molecule has 0 radical (unpaired) electrons. The van der Waals surface area contributed by atoms with Gasteiger partial charge in [-0.3, -0.25) is 10.1 Å². The van der Waals surface area contributed by atoms with Gasteiger partial charge in [-0.2, -0.15) is 0 Å². The molecule has 11 nitrogen and oxygen atoms in total. The van der Waals surface area contributed by atoms with Gasteiger partial charge in [-0.15, -0.1) is 0 Å². The van der Waals surface area contributed by atoms with Crippen LogP contribution < -0.4 is 10.2 Å². The lowest BCUT2D eigenvalue weighted by Crippen LogP contribution is -2.55. The van der Waals surface area contributed by atoms with Crippen molar-refractivity contribution in [3.8, 4) is 5.75 Å². The Hall–Kier alpha value is -5.44. The number of para-hydroxylation sites is 1. The fourth-order valence-corrected chi connectivity index (χ4v) is 9.60. The van der Waals surface area contributed by atoms with Crippen molar-refractivity contribution in [3.63, 3.8) is 0 Å². The number of hydrogen-bond acceptors (Lipinski definition) is 10. The molecule has 0 bridgehead atoms. The number of pyridine rings is 2. The smallest absolute Gasteiger partial charge is 0.240 e. The van der Waals surface area contributed by atoms with Gasteiger partial charge in [-0.25, -0.2) is 31.2 Å². The number of fused-ring (bicyclic) bond motifs is 2. The number of carbonyl (C=O) groups excluding carboxylic acids is 1. The van der Waals surface area contributed by atoms with E-state index in [4.69, 9.17) is 0 Å². The van der Waals surface area contributed by atoms with Crippen molar-refractivity contribution >= 4 is 52.8 Å². The Labute approximate surface area is 306 Å². The SMILES string of the molecule is O=C(C(Cc1ccc(O)cc1CS(=O)(=O)c1nccc2ccccc12)NCS(=O)(=O)c1nccc2ccccc12)N1CCN(c2ccccc2F)CC1. The summed E-state index contributed by atoms with van der Waals surface area (Å²) in [6, 6.07) is 26.9. The number of aromatic nitrogens is 2. The zero-order valence-electron chi connectivity index (χ0n) is 28.5. The van der Waals surface area contributed by atoms with Gasteiger partial charge in [0.1, 0.15) is 17.4 Å². The van der Waals surface area contributed by atoms with Gasteiger partial charge in [0.2, 0.25) is 15.7 Å². The van der Waals surface area contributed by atoms with Crippen LogP contribution in [0.5, 0.6) is 5.75 Å². The predicted octanol–water partition coefficient (Wildman–Crippen LogP) is 4.88. The molecule has 1 atom stereocenters. The first kappa shape index (κ1) is 35.9. The van der Waals surface area contributed by atoms with E-state index in [9.17, 15) is 31.1 Å². The Morgan fingerprint density at radius 2 is 1.32 bits per heavy atom. The Balaban J connectivity index is 1.18. The van der Waals surface area contributed by atoms with E-state index in [0.29, 0.717) is 45.9 Å². The van der Waals surface area contributed by atoms with Crippen molar-refractivity contribution in [3.05, 3.63) is 132 Å². The van der Waals surface area contributed by atoms with Crippen LogP contribution in [0.4, 0.5) is 10.1 Å². The molecule has 1 aliphatic rings. The average Bonchev–Trinajstić information content (AvgIpc) is 3.16. The minimum atomic E-state index is -4.08. The highest BCUT2D eigenvalue weighted by molar-refractivity contribution is 7.91. The molecule has 0 aliphatic carbocycles. The molecule has 272 valence electrons.